The molecule has 0 aliphatic heterocycles. The molecule has 11 heavy (non-hydrogen) atoms. The zero-order chi connectivity index (χ0) is 7.40. The van der Waals surface area contributed by atoms with Crippen molar-refractivity contribution < 1.29 is 5.11 Å². The Labute approximate surface area is 71.7 Å². The van der Waals surface area contributed by atoms with E-state index in [9.17, 15) is 0 Å². The van der Waals surface area contributed by atoms with Gasteiger partial charge in [0.25, 0.3) is 0 Å². The number of nitrogens with two attached hydrogens (primary N) is 1. The molecular formula is C7H11ClN2O. The molecule has 1 aromatic heterocycles. The molecular weight excluding hydrogens is 164 g/mol. The van der Waals surface area contributed by atoms with Gasteiger partial charge in [0.2, 0.25) is 0 Å². The van der Waals surface area contributed by atoms with Crippen LogP contribution < -0.4 is 5.73 Å². The Kier molecular flexibility index (Phi) is 4.77. The molecule has 0 aromatic carbocycles. The van der Waals surface area contributed by atoms with Crippen LogP contribution >= 0.6 is 12.4 Å². The van der Waals surface area contributed by atoms with Gasteiger partial charge >= 0.3 is 0 Å². The molecule has 0 saturated heterocycles. The first kappa shape index (κ1) is 10.4. The lowest BCUT2D eigenvalue weighted by Gasteiger charge is -1.97. The van der Waals surface area contributed by atoms with Crippen LogP contribution in [0.5, 0.6) is 0 Å². The number of hydrogen-bond acceptors (Lipinski definition) is 3. The average molecular weight is 175 g/mol. The first-order valence-electron chi connectivity index (χ1n) is 3.11. The fourth-order valence-corrected chi connectivity index (χ4v) is 0.738. The smallest absolute Gasteiger partial charge is 0.0683 e. The summed E-state index contributed by atoms with van der Waals surface area (Å²) >= 11 is 0. The molecule has 3 N–H and O–H groups in total. The summed E-state index contributed by atoms with van der Waals surface area (Å²) in [4.78, 5) is 3.97. The summed E-state index contributed by atoms with van der Waals surface area (Å²) in [5.74, 6) is 0. The summed E-state index contributed by atoms with van der Waals surface area (Å²) in [6.45, 7) is 0.476. The molecule has 3 nitrogen and oxygen atoms in total. The van der Waals surface area contributed by atoms with Crippen molar-refractivity contribution in [2.45, 2.75) is 13.2 Å². The van der Waals surface area contributed by atoms with Crippen LogP contribution in [0.4, 0.5) is 0 Å². The molecule has 1 heterocycles. The number of halogens is 1. The third-order valence-electron chi connectivity index (χ3n) is 1.27. The van der Waals surface area contributed by atoms with E-state index < -0.39 is 0 Å². The summed E-state index contributed by atoms with van der Waals surface area (Å²) in [5.41, 5.74) is 7.00. The number of aromatic nitrogens is 1. The molecule has 0 unspecified atom stereocenters. The maximum Gasteiger partial charge on any atom is 0.0683 e. The maximum absolute atomic E-state index is 8.69. The molecule has 0 amide bonds. The Hall–Kier alpha value is -0.640. The van der Waals surface area contributed by atoms with Crippen molar-refractivity contribution in [3.8, 4) is 0 Å². The van der Waals surface area contributed by atoms with Crippen molar-refractivity contribution in [3.05, 3.63) is 29.6 Å². The van der Waals surface area contributed by atoms with Gasteiger partial charge < -0.3 is 10.8 Å². The predicted molar refractivity (Wildman–Crippen MR) is 45.3 cm³/mol. The molecule has 1 aromatic rings. The zero-order valence-corrected chi connectivity index (χ0v) is 6.84. The van der Waals surface area contributed by atoms with Gasteiger partial charge in [-0.25, -0.2) is 0 Å². The van der Waals surface area contributed by atoms with Gasteiger partial charge in [-0.3, -0.25) is 4.98 Å². The zero-order valence-electron chi connectivity index (χ0n) is 6.03. The Morgan fingerprint density at radius 3 is 2.82 bits per heavy atom. The van der Waals surface area contributed by atoms with Gasteiger partial charge in [-0.1, -0.05) is 0 Å². The van der Waals surface area contributed by atoms with Gasteiger partial charge in [-0.2, -0.15) is 0 Å². The monoisotopic (exact) mass is 174 g/mol. The van der Waals surface area contributed by atoms with Crippen molar-refractivity contribution in [3.63, 3.8) is 0 Å². The van der Waals surface area contributed by atoms with Crippen molar-refractivity contribution in [1.82, 2.24) is 4.98 Å². The van der Waals surface area contributed by atoms with Crippen LogP contribution in [0, 0.1) is 0 Å². The fraction of sp³-hybridized carbons (Fsp3) is 0.286. The largest absolute Gasteiger partial charge is 0.392 e. The second kappa shape index (κ2) is 5.07. The summed E-state index contributed by atoms with van der Waals surface area (Å²) in [6, 6.07) is 3.55. The predicted octanol–water partition coefficient (Wildman–Crippen LogP) is 0.454. The van der Waals surface area contributed by atoms with Crippen molar-refractivity contribution in [2.75, 3.05) is 0 Å². The van der Waals surface area contributed by atoms with E-state index in [2.05, 4.69) is 4.98 Å². The van der Waals surface area contributed by atoms with E-state index in [0.29, 0.717) is 6.54 Å². The quantitative estimate of drug-likeness (QED) is 0.685. The topological polar surface area (TPSA) is 59.1 Å². The first-order valence-corrected chi connectivity index (χ1v) is 3.11. The van der Waals surface area contributed by atoms with E-state index in [0.717, 1.165) is 11.3 Å². The lowest BCUT2D eigenvalue weighted by Crippen LogP contribution is -1.99. The minimum Gasteiger partial charge on any atom is -0.392 e. The van der Waals surface area contributed by atoms with E-state index in [1.165, 1.54) is 0 Å². The van der Waals surface area contributed by atoms with Crippen molar-refractivity contribution in [1.29, 1.82) is 0 Å². The molecule has 0 fully saturated rings. The highest BCUT2D eigenvalue weighted by Crippen LogP contribution is 1.99. The maximum atomic E-state index is 8.69. The van der Waals surface area contributed by atoms with Crippen LogP contribution in [-0.2, 0) is 13.2 Å². The molecule has 0 atom stereocenters. The van der Waals surface area contributed by atoms with E-state index in [4.69, 9.17) is 10.8 Å². The Bertz CT molecular complexity index is 198. The fourth-order valence-electron chi connectivity index (χ4n) is 0.738. The molecule has 0 spiro atoms. The van der Waals surface area contributed by atoms with Gasteiger partial charge in [0.15, 0.2) is 0 Å². The highest BCUT2D eigenvalue weighted by Gasteiger charge is 1.91. The summed E-state index contributed by atoms with van der Waals surface area (Å²) in [6.07, 6.45) is 1.65. The second-order valence-electron chi connectivity index (χ2n) is 2.02. The molecule has 0 aliphatic carbocycles. The van der Waals surface area contributed by atoms with Crippen molar-refractivity contribution >= 4 is 12.4 Å². The van der Waals surface area contributed by atoms with Crippen LogP contribution in [-0.4, -0.2) is 10.1 Å². The molecule has 4 heteroatoms. The summed E-state index contributed by atoms with van der Waals surface area (Å²) < 4.78 is 0. The number of nitrogens with zero attached hydrogens (tertiary/aromatic N) is 1. The minimum atomic E-state index is 0. The standard InChI is InChI=1S/C7H10N2O.ClH/c8-4-7-3-6(5-10)1-2-9-7;/h1-3,10H,4-5,8H2;1H. The lowest BCUT2D eigenvalue weighted by atomic mass is 10.2. The van der Waals surface area contributed by atoms with Crippen LogP contribution in [0.2, 0.25) is 0 Å². The Morgan fingerprint density at radius 2 is 2.27 bits per heavy atom. The van der Waals surface area contributed by atoms with Crippen LogP contribution in [0.1, 0.15) is 11.3 Å². The van der Waals surface area contributed by atoms with Gasteiger partial charge in [0.05, 0.1) is 12.3 Å². The number of rotatable bonds is 2. The first-order chi connectivity index (χ1) is 4.86. The molecule has 0 radical (unpaired) electrons. The third kappa shape index (κ3) is 2.84. The average Bonchev–Trinajstić information content (AvgIpc) is 2.05. The summed E-state index contributed by atoms with van der Waals surface area (Å²) in [5, 5.41) is 8.69. The second-order valence-corrected chi connectivity index (χ2v) is 2.02. The number of hydrogen-bond donors (Lipinski definition) is 2. The van der Waals surface area contributed by atoms with Crippen LogP contribution in [0.15, 0.2) is 18.3 Å². The number of pyridine rings is 1. The normalized spacial score (nSPS) is 8.91. The highest BCUT2D eigenvalue weighted by molar-refractivity contribution is 5.85. The van der Waals surface area contributed by atoms with Gasteiger partial charge in [0, 0.05) is 12.7 Å². The summed E-state index contributed by atoms with van der Waals surface area (Å²) in [7, 11) is 0. The van der Waals surface area contributed by atoms with Crippen molar-refractivity contribution in [2.24, 2.45) is 5.73 Å². The number of aliphatic hydroxyl groups excluding tert-OH is 1. The van der Waals surface area contributed by atoms with Gasteiger partial charge in [0.1, 0.15) is 0 Å². The highest BCUT2D eigenvalue weighted by atomic mass is 35.5. The number of aliphatic hydroxyl groups is 1. The Morgan fingerprint density at radius 1 is 1.55 bits per heavy atom. The van der Waals surface area contributed by atoms with E-state index in [1.807, 2.05) is 0 Å². The molecule has 1 rings (SSSR count). The Balaban J connectivity index is 0.000001000. The SMILES string of the molecule is Cl.NCc1cc(CO)ccn1. The van der Waals surface area contributed by atoms with Crippen LogP contribution in [0.25, 0.3) is 0 Å². The minimum absolute atomic E-state index is 0. The van der Waals surface area contributed by atoms with Gasteiger partial charge in [-0.15, -0.1) is 12.4 Å². The lowest BCUT2D eigenvalue weighted by molar-refractivity contribution is 0.281. The molecule has 0 bridgehead atoms. The van der Waals surface area contributed by atoms with E-state index in [1.54, 1.807) is 18.3 Å². The van der Waals surface area contributed by atoms with E-state index in [-0.39, 0.29) is 19.0 Å². The molecule has 0 aliphatic rings. The van der Waals surface area contributed by atoms with E-state index >= 15 is 0 Å². The molecule has 0 saturated carbocycles. The van der Waals surface area contributed by atoms with Crippen LogP contribution in [0.3, 0.4) is 0 Å². The molecule has 62 valence electrons. The third-order valence-corrected chi connectivity index (χ3v) is 1.27. The van der Waals surface area contributed by atoms with Gasteiger partial charge in [-0.05, 0) is 17.7 Å².